The molecule has 0 aromatic heterocycles. The highest BCUT2D eigenvalue weighted by Crippen LogP contribution is 2.24. The van der Waals surface area contributed by atoms with Gasteiger partial charge in [0.05, 0.1) is 11.4 Å². The Labute approximate surface area is 228 Å². The highest BCUT2D eigenvalue weighted by Gasteiger charge is 2.36. The van der Waals surface area contributed by atoms with E-state index in [0.29, 0.717) is 37.5 Å². The number of rotatable bonds is 8. The van der Waals surface area contributed by atoms with Crippen LogP contribution in [0.3, 0.4) is 0 Å². The van der Waals surface area contributed by atoms with Crippen molar-refractivity contribution in [1.29, 1.82) is 0 Å². The van der Waals surface area contributed by atoms with Gasteiger partial charge in [-0.05, 0) is 72.9 Å². The number of anilines is 1. The van der Waals surface area contributed by atoms with Gasteiger partial charge in [0, 0.05) is 36.4 Å². The van der Waals surface area contributed by atoms with Crippen molar-refractivity contribution in [2.45, 2.75) is 42.7 Å². The molecule has 2 N–H and O–H groups in total. The molecule has 8 nitrogen and oxygen atoms in total. The molecule has 0 aliphatic carbocycles. The Morgan fingerprint density at radius 1 is 0.947 bits per heavy atom. The lowest BCUT2D eigenvalue weighted by atomic mass is 10.1. The number of amides is 2. The average molecular weight is 555 g/mol. The maximum absolute atomic E-state index is 13.2. The zero-order valence-corrected chi connectivity index (χ0v) is 22.5. The summed E-state index contributed by atoms with van der Waals surface area (Å²) in [4.78, 5) is 29.8. The predicted molar refractivity (Wildman–Crippen MR) is 149 cm³/mol. The highest BCUT2D eigenvalue weighted by atomic mass is 35.5. The predicted octanol–water partition coefficient (Wildman–Crippen LogP) is 3.87. The van der Waals surface area contributed by atoms with E-state index in [1.807, 2.05) is 35.2 Å². The van der Waals surface area contributed by atoms with Crippen LogP contribution < -0.4 is 10.0 Å². The summed E-state index contributed by atoms with van der Waals surface area (Å²) in [6.07, 6.45) is 2.82. The zero-order valence-electron chi connectivity index (χ0n) is 21.0. The van der Waals surface area contributed by atoms with Gasteiger partial charge in [-0.3, -0.25) is 9.59 Å². The first-order valence-corrected chi connectivity index (χ1v) is 14.7. The zero-order chi connectivity index (χ0) is 26.7. The molecule has 2 fully saturated rings. The maximum atomic E-state index is 13.2. The van der Waals surface area contributed by atoms with Crippen molar-refractivity contribution in [2.24, 2.45) is 0 Å². The van der Waals surface area contributed by atoms with Gasteiger partial charge in [0.2, 0.25) is 21.8 Å². The summed E-state index contributed by atoms with van der Waals surface area (Å²) in [5.41, 5.74) is 1.00. The molecule has 0 spiro atoms. The SMILES string of the molecule is O=C1[C@@H](NS(=O)(=O)c2ccc3cc(Cl)ccc3c2)CCCN1CC(=O)N1CCC[C@H]1CNc1ccccc1. The van der Waals surface area contributed by atoms with Crippen LogP contribution in [0, 0.1) is 0 Å². The van der Waals surface area contributed by atoms with Gasteiger partial charge in [0.1, 0.15) is 6.04 Å². The number of benzene rings is 3. The molecule has 0 saturated carbocycles. The first-order chi connectivity index (χ1) is 18.3. The van der Waals surface area contributed by atoms with E-state index in [2.05, 4.69) is 10.0 Å². The van der Waals surface area contributed by atoms with Crippen molar-refractivity contribution in [1.82, 2.24) is 14.5 Å². The molecule has 5 rings (SSSR count). The van der Waals surface area contributed by atoms with Crippen LogP contribution in [-0.4, -0.2) is 68.3 Å². The molecule has 2 aliphatic rings. The average Bonchev–Trinajstić information content (AvgIpc) is 3.39. The second kappa shape index (κ2) is 11.3. The number of carbonyl (C=O) groups excluding carboxylic acids is 2. The number of halogens is 1. The fraction of sp³-hybridized carbons (Fsp3) is 0.357. The fourth-order valence-electron chi connectivity index (χ4n) is 5.25. The van der Waals surface area contributed by atoms with Crippen LogP contribution in [0.2, 0.25) is 5.02 Å². The van der Waals surface area contributed by atoms with Crippen molar-refractivity contribution in [3.8, 4) is 0 Å². The van der Waals surface area contributed by atoms with E-state index in [1.165, 1.54) is 11.0 Å². The smallest absolute Gasteiger partial charge is 0.242 e. The molecule has 2 aliphatic heterocycles. The van der Waals surface area contributed by atoms with Crippen LogP contribution in [0.4, 0.5) is 5.69 Å². The number of para-hydroxylation sites is 1. The van der Waals surface area contributed by atoms with E-state index < -0.39 is 16.1 Å². The number of fused-ring (bicyclic) bond motifs is 1. The van der Waals surface area contributed by atoms with Crippen LogP contribution in [-0.2, 0) is 19.6 Å². The topological polar surface area (TPSA) is 98.8 Å². The Hall–Kier alpha value is -3.14. The van der Waals surface area contributed by atoms with Crippen LogP contribution in [0.25, 0.3) is 10.8 Å². The van der Waals surface area contributed by atoms with Crippen LogP contribution in [0.1, 0.15) is 25.7 Å². The summed E-state index contributed by atoms with van der Waals surface area (Å²) in [7, 11) is -3.94. The van der Waals surface area contributed by atoms with Gasteiger partial charge in [-0.25, -0.2) is 8.42 Å². The molecule has 0 radical (unpaired) electrons. The summed E-state index contributed by atoms with van der Waals surface area (Å²) >= 11 is 6.03. The number of hydrogen-bond acceptors (Lipinski definition) is 5. The van der Waals surface area contributed by atoms with Crippen LogP contribution in [0.15, 0.2) is 71.6 Å². The van der Waals surface area contributed by atoms with Gasteiger partial charge < -0.3 is 15.1 Å². The molecule has 0 unspecified atom stereocenters. The lowest BCUT2D eigenvalue weighted by Crippen LogP contribution is -2.55. The quantitative estimate of drug-likeness (QED) is 0.440. The number of nitrogens with one attached hydrogen (secondary N) is 2. The standard InChI is InChI=1S/C28H31ClN4O4S/c29-22-12-10-21-17-25(13-11-20(21)16-22)38(36,37)31-26-9-5-14-32(28(26)35)19-27(34)33-15-4-8-24(33)18-30-23-6-2-1-3-7-23/h1-3,6-7,10-13,16-17,24,26,30-31H,4-5,8-9,14-15,18-19H2/t24-,26-/m0/s1. The van der Waals surface area contributed by atoms with Gasteiger partial charge in [-0.1, -0.05) is 41.9 Å². The van der Waals surface area contributed by atoms with Crippen molar-refractivity contribution in [3.05, 3.63) is 71.8 Å². The summed E-state index contributed by atoms with van der Waals surface area (Å²) in [5.74, 6) is -0.466. The Balaban J connectivity index is 1.21. The number of piperidine rings is 1. The monoisotopic (exact) mass is 554 g/mol. The molecule has 0 bridgehead atoms. The molecular formula is C28H31ClN4O4S. The fourth-order valence-corrected chi connectivity index (χ4v) is 6.68. The number of sulfonamides is 1. The first-order valence-electron chi connectivity index (χ1n) is 12.9. The summed E-state index contributed by atoms with van der Waals surface area (Å²) in [6, 6.07) is 19.0. The molecular weight excluding hydrogens is 524 g/mol. The Bertz CT molecular complexity index is 1430. The third-order valence-electron chi connectivity index (χ3n) is 7.25. The third kappa shape index (κ3) is 5.95. The van der Waals surface area contributed by atoms with E-state index in [-0.39, 0.29) is 29.3 Å². The number of likely N-dealkylation sites (tertiary alicyclic amines) is 2. The maximum Gasteiger partial charge on any atom is 0.242 e. The second-order valence-electron chi connectivity index (χ2n) is 9.86. The molecule has 2 saturated heterocycles. The minimum Gasteiger partial charge on any atom is -0.383 e. The first kappa shape index (κ1) is 26.5. The Morgan fingerprint density at radius 2 is 1.68 bits per heavy atom. The number of hydrogen-bond donors (Lipinski definition) is 2. The summed E-state index contributed by atoms with van der Waals surface area (Å²) in [6.45, 7) is 1.69. The molecule has 2 heterocycles. The van der Waals surface area contributed by atoms with Crippen LogP contribution >= 0.6 is 11.6 Å². The second-order valence-corrected chi connectivity index (χ2v) is 12.0. The van der Waals surface area contributed by atoms with Crippen molar-refractivity contribution >= 4 is 49.9 Å². The normalized spacial score (nSPS) is 20.2. The Morgan fingerprint density at radius 3 is 2.50 bits per heavy atom. The van der Waals surface area contributed by atoms with Gasteiger partial charge in [-0.2, -0.15) is 4.72 Å². The van der Waals surface area contributed by atoms with E-state index >= 15 is 0 Å². The summed E-state index contributed by atoms with van der Waals surface area (Å²) in [5, 5.41) is 5.52. The van der Waals surface area contributed by atoms with Gasteiger partial charge >= 0.3 is 0 Å². The number of carbonyl (C=O) groups is 2. The van der Waals surface area contributed by atoms with E-state index in [0.717, 1.165) is 29.3 Å². The van der Waals surface area contributed by atoms with Crippen molar-refractivity contribution in [2.75, 3.05) is 31.5 Å². The highest BCUT2D eigenvalue weighted by molar-refractivity contribution is 7.89. The largest absolute Gasteiger partial charge is 0.383 e. The van der Waals surface area contributed by atoms with Crippen molar-refractivity contribution < 1.29 is 18.0 Å². The van der Waals surface area contributed by atoms with Crippen molar-refractivity contribution in [3.63, 3.8) is 0 Å². The molecule has 2 atom stereocenters. The summed E-state index contributed by atoms with van der Waals surface area (Å²) < 4.78 is 28.9. The minimum absolute atomic E-state index is 0.0460. The molecule has 10 heteroatoms. The lowest BCUT2D eigenvalue weighted by Gasteiger charge is -2.34. The van der Waals surface area contributed by atoms with Gasteiger partial charge in [0.15, 0.2) is 0 Å². The molecule has 200 valence electrons. The third-order valence-corrected chi connectivity index (χ3v) is 8.96. The Kier molecular flexibility index (Phi) is 7.88. The molecule has 3 aromatic carbocycles. The lowest BCUT2D eigenvalue weighted by molar-refractivity contribution is -0.143. The molecule has 38 heavy (non-hydrogen) atoms. The van der Waals surface area contributed by atoms with Gasteiger partial charge in [-0.15, -0.1) is 0 Å². The number of nitrogens with zero attached hydrogens (tertiary/aromatic N) is 2. The van der Waals surface area contributed by atoms with E-state index in [9.17, 15) is 18.0 Å². The molecule has 3 aromatic rings. The molecule has 2 amide bonds. The van der Waals surface area contributed by atoms with E-state index in [4.69, 9.17) is 11.6 Å². The van der Waals surface area contributed by atoms with E-state index in [1.54, 1.807) is 30.3 Å². The van der Waals surface area contributed by atoms with Crippen LogP contribution in [0.5, 0.6) is 0 Å². The minimum atomic E-state index is -3.94. The van der Waals surface area contributed by atoms with Gasteiger partial charge in [0.25, 0.3) is 0 Å².